The molecular weight excluding hydrogens is 392 g/mol. The van der Waals surface area contributed by atoms with E-state index in [0.29, 0.717) is 21.8 Å². The monoisotopic (exact) mass is 406 g/mol. The van der Waals surface area contributed by atoms with Crippen molar-refractivity contribution in [1.82, 2.24) is 9.97 Å². The van der Waals surface area contributed by atoms with E-state index in [2.05, 4.69) is 20.6 Å². The molecule has 0 aliphatic carbocycles. The third-order valence-electron chi connectivity index (χ3n) is 3.78. The second kappa shape index (κ2) is 8.12. The van der Waals surface area contributed by atoms with E-state index in [-0.39, 0.29) is 11.8 Å². The first-order chi connectivity index (χ1) is 13.7. The number of hydrogen-bond donors (Lipinski definition) is 2. The second-order valence-electron chi connectivity index (χ2n) is 5.73. The van der Waals surface area contributed by atoms with Crippen molar-refractivity contribution in [2.75, 3.05) is 10.6 Å². The summed E-state index contributed by atoms with van der Waals surface area (Å²) >= 11 is 2.92. The van der Waals surface area contributed by atoms with Gasteiger partial charge in [0.05, 0.1) is 11.1 Å². The molecule has 0 spiro atoms. The Morgan fingerprint density at radius 3 is 2.36 bits per heavy atom. The van der Waals surface area contributed by atoms with Crippen LogP contribution in [0.5, 0.6) is 0 Å². The number of carbonyl (C=O) groups excluding carboxylic acids is 2. The number of nitrogens with one attached hydrogen (secondary N) is 2. The van der Waals surface area contributed by atoms with Gasteiger partial charge < -0.3 is 10.6 Å². The SMILES string of the molecule is O=C(Nc1cccc(NC(=O)c2cnc(-c3cccs3)s2)c1)c1ccncc1. The molecule has 0 atom stereocenters. The van der Waals surface area contributed by atoms with Gasteiger partial charge in [-0.2, -0.15) is 0 Å². The normalized spacial score (nSPS) is 10.4. The van der Waals surface area contributed by atoms with Crippen molar-refractivity contribution in [3.8, 4) is 9.88 Å². The number of rotatable bonds is 5. The molecule has 4 rings (SSSR count). The maximum Gasteiger partial charge on any atom is 0.267 e. The lowest BCUT2D eigenvalue weighted by atomic mass is 10.2. The summed E-state index contributed by atoms with van der Waals surface area (Å²) in [6.45, 7) is 0. The van der Waals surface area contributed by atoms with Gasteiger partial charge in [0, 0.05) is 29.3 Å². The van der Waals surface area contributed by atoms with E-state index in [1.165, 1.54) is 11.3 Å². The number of thiazole rings is 1. The Labute approximate surface area is 168 Å². The van der Waals surface area contributed by atoms with E-state index in [9.17, 15) is 9.59 Å². The zero-order chi connectivity index (χ0) is 19.3. The fourth-order valence-corrected chi connectivity index (χ4v) is 4.08. The Morgan fingerprint density at radius 1 is 0.893 bits per heavy atom. The summed E-state index contributed by atoms with van der Waals surface area (Å²) in [6.07, 6.45) is 4.69. The average molecular weight is 406 g/mol. The molecular formula is C20H14N4O2S2. The van der Waals surface area contributed by atoms with Crippen LogP contribution in [0.2, 0.25) is 0 Å². The zero-order valence-electron chi connectivity index (χ0n) is 14.5. The van der Waals surface area contributed by atoms with Crippen LogP contribution >= 0.6 is 22.7 Å². The number of pyridine rings is 1. The molecule has 0 radical (unpaired) electrons. The number of carbonyl (C=O) groups is 2. The number of hydrogen-bond acceptors (Lipinski definition) is 6. The highest BCUT2D eigenvalue weighted by atomic mass is 32.1. The number of amides is 2. The Morgan fingerprint density at radius 2 is 1.64 bits per heavy atom. The minimum Gasteiger partial charge on any atom is -0.322 e. The molecule has 3 aromatic heterocycles. The molecule has 8 heteroatoms. The van der Waals surface area contributed by atoms with Gasteiger partial charge in [-0.15, -0.1) is 22.7 Å². The Kier molecular flexibility index (Phi) is 5.22. The standard InChI is InChI=1S/C20H14N4O2S2/c25-18(13-6-8-21-9-7-13)23-14-3-1-4-15(11-14)24-19(26)17-12-22-20(28-17)16-5-2-10-27-16/h1-12H,(H,23,25)(H,24,26). The van der Waals surface area contributed by atoms with Crippen molar-refractivity contribution in [2.45, 2.75) is 0 Å². The average Bonchev–Trinajstić information content (AvgIpc) is 3.41. The predicted octanol–water partition coefficient (Wildman–Crippen LogP) is 4.77. The van der Waals surface area contributed by atoms with Crippen LogP contribution in [0.15, 0.2) is 72.5 Å². The summed E-state index contributed by atoms with van der Waals surface area (Å²) in [5, 5.41) is 8.44. The highest BCUT2D eigenvalue weighted by Gasteiger charge is 2.13. The largest absolute Gasteiger partial charge is 0.322 e. The molecule has 0 aliphatic heterocycles. The Balaban J connectivity index is 1.44. The van der Waals surface area contributed by atoms with Gasteiger partial charge in [0.25, 0.3) is 11.8 Å². The van der Waals surface area contributed by atoms with E-state index < -0.39 is 0 Å². The van der Waals surface area contributed by atoms with Gasteiger partial charge in [0.2, 0.25) is 0 Å². The van der Waals surface area contributed by atoms with Crippen LogP contribution in [0, 0.1) is 0 Å². The first-order valence-electron chi connectivity index (χ1n) is 8.31. The summed E-state index contributed by atoms with van der Waals surface area (Å²) in [4.78, 5) is 34.5. The predicted molar refractivity (Wildman–Crippen MR) is 112 cm³/mol. The minimum absolute atomic E-state index is 0.238. The lowest BCUT2D eigenvalue weighted by Gasteiger charge is -2.08. The molecule has 0 aliphatic rings. The van der Waals surface area contributed by atoms with Crippen molar-refractivity contribution < 1.29 is 9.59 Å². The van der Waals surface area contributed by atoms with E-state index in [4.69, 9.17) is 0 Å². The van der Waals surface area contributed by atoms with Crippen LogP contribution in [0.25, 0.3) is 9.88 Å². The lowest BCUT2D eigenvalue weighted by molar-refractivity contribution is 0.102. The van der Waals surface area contributed by atoms with E-state index in [1.807, 2.05) is 17.5 Å². The smallest absolute Gasteiger partial charge is 0.267 e. The number of benzene rings is 1. The summed E-state index contributed by atoms with van der Waals surface area (Å²) in [7, 11) is 0. The van der Waals surface area contributed by atoms with Crippen LogP contribution in [-0.2, 0) is 0 Å². The molecule has 3 heterocycles. The van der Waals surface area contributed by atoms with Gasteiger partial charge in [-0.05, 0) is 41.8 Å². The third kappa shape index (κ3) is 4.13. The van der Waals surface area contributed by atoms with Crippen LogP contribution < -0.4 is 10.6 Å². The second-order valence-corrected chi connectivity index (χ2v) is 7.71. The molecule has 0 saturated carbocycles. The summed E-state index contributed by atoms with van der Waals surface area (Å²) < 4.78 is 0. The molecule has 0 saturated heterocycles. The van der Waals surface area contributed by atoms with E-state index in [0.717, 1.165) is 9.88 Å². The molecule has 4 aromatic rings. The van der Waals surface area contributed by atoms with Gasteiger partial charge in [-0.25, -0.2) is 4.98 Å². The first-order valence-corrected chi connectivity index (χ1v) is 10.0. The van der Waals surface area contributed by atoms with Gasteiger partial charge in [0.1, 0.15) is 9.88 Å². The van der Waals surface area contributed by atoms with E-state index >= 15 is 0 Å². The number of nitrogens with zero attached hydrogens (tertiary/aromatic N) is 2. The first kappa shape index (κ1) is 18.0. The highest BCUT2D eigenvalue weighted by Crippen LogP contribution is 2.29. The van der Waals surface area contributed by atoms with Gasteiger partial charge in [-0.3, -0.25) is 14.6 Å². The van der Waals surface area contributed by atoms with Crippen LogP contribution in [0.4, 0.5) is 11.4 Å². The molecule has 1 aromatic carbocycles. The Bertz CT molecular complexity index is 1110. The topological polar surface area (TPSA) is 84.0 Å². The highest BCUT2D eigenvalue weighted by molar-refractivity contribution is 7.22. The molecule has 0 unspecified atom stereocenters. The third-order valence-corrected chi connectivity index (χ3v) is 5.82. The van der Waals surface area contributed by atoms with Crippen molar-refractivity contribution in [1.29, 1.82) is 0 Å². The molecule has 2 amide bonds. The number of thiophene rings is 1. The quantitative estimate of drug-likeness (QED) is 0.500. The number of aromatic nitrogens is 2. The van der Waals surface area contributed by atoms with Crippen molar-refractivity contribution >= 4 is 45.9 Å². The molecule has 0 bridgehead atoms. The van der Waals surface area contributed by atoms with Gasteiger partial charge >= 0.3 is 0 Å². The molecule has 2 N–H and O–H groups in total. The van der Waals surface area contributed by atoms with Crippen LogP contribution in [-0.4, -0.2) is 21.8 Å². The van der Waals surface area contributed by atoms with Crippen molar-refractivity contribution in [3.05, 3.63) is 82.9 Å². The van der Waals surface area contributed by atoms with Gasteiger partial charge in [-0.1, -0.05) is 12.1 Å². The fourth-order valence-electron chi connectivity index (χ4n) is 2.47. The minimum atomic E-state index is -0.242. The van der Waals surface area contributed by atoms with Gasteiger partial charge in [0.15, 0.2) is 0 Å². The summed E-state index contributed by atoms with van der Waals surface area (Å²) in [5.41, 5.74) is 1.68. The van der Waals surface area contributed by atoms with Crippen molar-refractivity contribution in [2.24, 2.45) is 0 Å². The Hall–Kier alpha value is -3.36. The van der Waals surface area contributed by atoms with Crippen molar-refractivity contribution in [3.63, 3.8) is 0 Å². The molecule has 28 heavy (non-hydrogen) atoms. The lowest BCUT2D eigenvalue weighted by Crippen LogP contribution is -2.13. The summed E-state index contributed by atoms with van der Waals surface area (Å²) in [6, 6.07) is 14.2. The maximum absolute atomic E-state index is 12.5. The fraction of sp³-hybridized carbons (Fsp3) is 0. The molecule has 138 valence electrons. The molecule has 0 fully saturated rings. The van der Waals surface area contributed by atoms with Crippen LogP contribution in [0.3, 0.4) is 0 Å². The summed E-state index contributed by atoms with van der Waals surface area (Å²) in [5.74, 6) is -0.480. The van der Waals surface area contributed by atoms with E-state index in [1.54, 1.807) is 66.3 Å². The zero-order valence-corrected chi connectivity index (χ0v) is 16.1. The maximum atomic E-state index is 12.5. The number of anilines is 2. The van der Waals surface area contributed by atoms with Crippen LogP contribution in [0.1, 0.15) is 20.0 Å². The molecule has 6 nitrogen and oxygen atoms in total.